The Labute approximate surface area is 190 Å². The van der Waals surface area contributed by atoms with E-state index in [0.29, 0.717) is 53.4 Å². The molecule has 1 aliphatic carbocycles. The van der Waals surface area contributed by atoms with Gasteiger partial charge in [0.05, 0.1) is 16.5 Å². The molecule has 2 aromatic rings. The molecule has 1 heterocycles. The number of nitrogens with zero attached hydrogens (tertiary/aromatic N) is 1. The molecule has 4 rings (SSSR count). The van der Waals surface area contributed by atoms with Crippen LogP contribution in [0.3, 0.4) is 0 Å². The van der Waals surface area contributed by atoms with Gasteiger partial charge in [0, 0.05) is 30.5 Å². The minimum absolute atomic E-state index is 0.0400. The average Bonchev–Trinajstić information content (AvgIpc) is 3.08. The second-order valence-corrected chi connectivity index (χ2v) is 9.16. The molecule has 1 atom stereocenters. The lowest BCUT2D eigenvalue weighted by Gasteiger charge is -2.39. The first-order valence-electron chi connectivity index (χ1n) is 10.2. The first kappa shape index (κ1) is 21.7. The molecule has 31 heavy (non-hydrogen) atoms. The lowest BCUT2D eigenvalue weighted by atomic mass is 9.80. The minimum atomic E-state index is -0.950. The average molecular weight is 458 g/mol. The molecule has 0 aromatic heterocycles. The van der Waals surface area contributed by atoms with E-state index < -0.39 is 5.54 Å². The van der Waals surface area contributed by atoms with Crippen molar-refractivity contribution < 1.29 is 19.2 Å². The van der Waals surface area contributed by atoms with Crippen molar-refractivity contribution in [3.63, 3.8) is 0 Å². The summed E-state index contributed by atoms with van der Waals surface area (Å²) in [6, 6.07) is 10.4. The van der Waals surface area contributed by atoms with Gasteiger partial charge in [-0.05, 0) is 55.2 Å². The second-order valence-electron chi connectivity index (χ2n) is 8.35. The van der Waals surface area contributed by atoms with Crippen LogP contribution in [-0.4, -0.2) is 33.7 Å². The summed E-state index contributed by atoms with van der Waals surface area (Å²) in [5.41, 5.74) is 1.92. The molecule has 0 saturated heterocycles. The quantitative estimate of drug-likeness (QED) is 0.475. The number of carbonyl (C=O) groups excluding carboxylic acids is 4. The predicted molar refractivity (Wildman–Crippen MR) is 118 cm³/mol. The number of aryl methyl sites for hydroxylation is 1. The maximum atomic E-state index is 13.0. The van der Waals surface area contributed by atoms with Crippen LogP contribution in [0.5, 0.6) is 0 Å². The lowest BCUT2D eigenvalue weighted by molar-refractivity contribution is -0.138. The van der Waals surface area contributed by atoms with Gasteiger partial charge in [-0.1, -0.05) is 35.3 Å². The Kier molecular flexibility index (Phi) is 5.75. The van der Waals surface area contributed by atoms with E-state index in [0.717, 1.165) is 11.1 Å². The zero-order valence-electron chi connectivity index (χ0n) is 17.0. The van der Waals surface area contributed by atoms with Crippen molar-refractivity contribution in [1.82, 2.24) is 4.90 Å². The third-order valence-corrected chi connectivity index (χ3v) is 7.04. The lowest BCUT2D eigenvalue weighted by Crippen LogP contribution is -2.55. The van der Waals surface area contributed by atoms with Gasteiger partial charge in [0.25, 0.3) is 5.91 Å². The number of carbonyl (C=O) groups is 4. The molecule has 0 bridgehead atoms. The number of hydrogen-bond acceptors (Lipinski definition) is 4. The minimum Gasteiger partial charge on any atom is -0.322 e. The molecule has 1 aliphatic heterocycles. The van der Waals surface area contributed by atoms with Gasteiger partial charge < -0.3 is 4.90 Å². The molecular formula is C24H21Cl2NO4. The molecule has 0 spiro atoms. The molecule has 1 amide bonds. The van der Waals surface area contributed by atoms with Crippen LogP contribution in [-0.2, 0) is 22.6 Å². The first-order valence-corrected chi connectivity index (χ1v) is 10.9. The molecule has 2 aliphatic rings. The van der Waals surface area contributed by atoms with Gasteiger partial charge in [-0.25, -0.2) is 0 Å². The van der Waals surface area contributed by atoms with Crippen LogP contribution in [0.25, 0.3) is 0 Å². The van der Waals surface area contributed by atoms with Crippen LogP contribution < -0.4 is 0 Å². The molecule has 7 heteroatoms. The highest BCUT2D eigenvalue weighted by Crippen LogP contribution is 2.36. The molecule has 5 nitrogen and oxygen atoms in total. The third-order valence-electron chi connectivity index (χ3n) is 6.30. The predicted octanol–water partition coefficient (Wildman–Crippen LogP) is 4.85. The fraction of sp³-hybridized carbons (Fsp3) is 0.333. The van der Waals surface area contributed by atoms with Gasteiger partial charge in [-0.2, -0.15) is 0 Å². The summed E-state index contributed by atoms with van der Waals surface area (Å²) in [4.78, 5) is 51.2. The molecular weight excluding hydrogens is 437 g/mol. The zero-order valence-corrected chi connectivity index (χ0v) is 18.6. The van der Waals surface area contributed by atoms with Crippen LogP contribution in [0.2, 0.25) is 10.0 Å². The highest BCUT2D eigenvalue weighted by atomic mass is 35.5. The molecule has 0 radical (unpaired) electrons. The molecule has 160 valence electrons. The molecule has 0 N–H and O–H groups in total. The van der Waals surface area contributed by atoms with Gasteiger partial charge in [0.1, 0.15) is 11.3 Å². The van der Waals surface area contributed by atoms with Crippen molar-refractivity contribution in [1.29, 1.82) is 0 Å². The largest absolute Gasteiger partial charge is 0.322 e. The summed E-state index contributed by atoms with van der Waals surface area (Å²) in [5, 5.41) is 0.747. The summed E-state index contributed by atoms with van der Waals surface area (Å²) in [6.07, 6.45) is 1.37. The summed E-state index contributed by atoms with van der Waals surface area (Å²) in [6.45, 7) is 2.08. The third kappa shape index (κ3) is 4.04. The van der Waals surface area contributed by atoms with E-state index in [2.05, 4.69) is 0 Å². The standard InChI is InChI=1S/C24H21Cl2NO4/c1-24(9-8-17(28)12-22(24)30)27-13-16-10-14(2-5-18(16)23(27)31)3-7-21(29)15-4-6-19(25)20(26)11-15/h2,4-6,10-11H,3,7-9,12-13H2,1H3/t24-/m0/s1. The fourth-order valence-electron chi connectivity index (χ4n) is 4.27. The van der Waals surface area contributed by atoms with E-state index in [-0.39, 0.29) is 29.7 Å². The fourth-order valence-corrected chi connectivity index (χ4v) is 4.56. The second kappa shape index (κ2) is 8.21. The van der Waals surface area contributed by atoms with Gasteiger partial charge >= 0.3 is 0 Å². The van der Waals surface area contributed by atoms with Crippen molar-refractivity contribution in [2.45, 2.75) is 51.1 Å². The Morgan fingerprint density at radius 2 is 1.84 bits per heavy atom. The van der Waals surface area contributed by atoms with E-state index >= 15 is 0 Å². The highest BCUT2D eigenvalue weighted by Gasteiger charge is 2.47. The number of amides is 1. The molecule has 1 fully saturated rings. The van der Waals surface area contributed by atoms with E-state index in [1.54, 1.807) is 36.1 Å². The Morgan fingerprint density at radius 1 is 1.06 bits per heavy atom. The number of Topliss-reactive ketones (excluding diaryl/α,β-unsaturated/α-hetero) is 3. The van der Waals surface area contributed by atoms with Crippen LogP contribution in [0.1, 0.15) is 64.4 Å². The van der Waals surface area contributed by atoms with Crippen LogP contribution in [0, 0.1) is 0 Å². The normalized spacial score (nSPS) is 20.9. The summed E-state index contributed by atoms with van der Waals surface area (Å²) in [7, 11) is 0. The van der Waals surface area contributed by atoms with Crippen molar-refractivity contribution in [3.05, 3.63) is 68.7 Å². The number of hydrogen-bond donors (Lipinski definition) is 0. The van der Waals surface area contributed by atoms with E-state index in [4.69, 9.17) is 23.2 Å². The monoisotopic (exact) mass is 457 g/mol. The van der Waals surface area contributed by atoms with Crippen molar-refractivity contribution in [3.8, 4) is 0 Å². The Balaban J connectivity index is 1.47. The number of fused-ring (bicyclic) bond motifs is 1. The first-order chi connectivity index (χ1) is 14.7. The molecule has 2 aromatic carbocycles. The van der Waals surface area contributed by atoms with Crippen LogP contribution in [0.15, 0.2) is 36.4 Å². The number of halogens is 2. The molecule has 1 saturated carbocycles. The Bertz CT molecular complexity index is 1130. The SMILES string of the molecule is C[C@]1(N2Cc3cc(CCC(=O)c4ccc(Cl)c(Cl)c4)ccc3C2=O)CCC(=O)CC1=O. The maximum absolute atomic E-state index is 13.0. The summed E-state index contributed by atoms with van der Waals surface area (Å²) < 4.78 is 0. The number of benzene rings is 2. The van der Waals surface area contributed by atoms with Crippen molar-refractivity contribution in [2.75, 3.05) is 0 Å². The Morgan fingerprint density at radius 3 is 2.55 bits per heavy atom. The summed E-state index contributed by atoms with van der Waals surface area (Å²) >= 11 is 11.9. The van der Waals surface area contributed by atoms with Gasteiger partial charge in [0.15, 0.2) is 11.6 Å². The smallest absolute Gasteiger partial charge is 0.255 e. The van der Waals surface area contributed by atoms with Gasteiger partial charge in [-0.15, -0.1) is 0 Å². The van der Waals surface area contributed by atoms with Crippen molar-refractivity contribution >= 4 is 46.5 Å². The van der Waals surface area contributed by atoms with E-state index in [1.807, 2.05) is 12.1 Å². The van der Waals surface area contributed by atoms with Crippen molar-refractivity contribution in [2.24, 2.45) is 0 Å². The van der Waals surface area contributed by atoms with Crippen LogP contribution >= 0.6 is 23.2 Å². The van der Waals surface area contributed by atoms with Gasteiger partial charge in [0.2, 0.25) is 0 Å². The Hall–Kier alpha value is -2.50. The van der Waals surface area contributed by atoms with Gasteiger partial charge in [-0.3, -0.25) is 19.2 Å². The summed E-state index contributed by atoms with van der Waals surface area (Å²) in [5.74, 6) is -0.488. The highest BCUT2D eigenvalue weighted by molar-refractivity contribution is 6.42. The van der Waals surface area contributed by atoms with E-state index in [9.17, 15) is 19.2 Å². The van der Waals surface area contributed by atoms with Crippen LogP contribution in [0.4, 0.5) is 0 Å². The van der Waals surface area contributed by atoms with E-state index in [1.165, 1.54) is 0 Å². The number of ketones is 3. The topological polar surface area (TPSA) is 71.5 Å². The maximum Gasteiger partial charge on any atom is 0.255 e. The molecule has 0 unspecified atom stereocenters. The number of rotatable bonds is 5. The zero-order chi connectivity index (χ0) is 22.3.